The molecule has 0 bridgehead atoms. The van der Waals surface area contributed by atoms with Gasteiger partial charge in [-0.25, -0.2) is 0 Å². The first kappa shape index (κ1) is 12.4. The van der Waals surface area contributed by atoms with Gasteiger partial charge in [0.1, 0.15) is 13.1 Å². The maximum atomic E-state index is 11.4. The monoisotopic (exact) mass is 194 g/mol. The molecule has 1 amide bonds. The number of nitrogens with zero attached hydrogens (tertiary/aromatic N) is 3. The summed E-state index contributed by atoms with van der Waals surface area (Å²) >= 11 is 0. The van der Waals surface area contributed by atoms with Gasteiger partial charge in [0.25, 0.3) is 0 Å². The van der Waals surface area contributed by atoms with Crippen molar-refractivity contribution in [3.8, 4) is 12.1 Å². The van der Waals surface area contributed by atoms with Crippen molar-refractivity contribution in [2.24, 2.45) is 0 Å². The molecule has 0 aromatic carbocycles. The second-order valence-electron chi connectivity index (χ2n) is 2.67. The van der Waals surface area contributed by atoms with Crippen molar-refractivity contribution in [1.82, 2.24) is 10.2 Å². The molecule has 14 heavy (non-hydrogen) atoms. The van der Waals surface area contributed by atoms with Gasteiger partial charge in [-0.2, -0.15) is 10.5 Å². The quantitative estimate of drug-likeness (QED) is 0.471. The number of hydrogen-bond donors (Lipinski definition) is 1. The largest absolute Gasteiger partial charge is 0.316 e. The third kappa shape index (κ3) is 5.13. The van der Waals surface area contributed by atoms with E-state index in [2.05, 4.69) is 5.32 Å². The molecule has 0 spiro atoms. The smallest absolute Gasteiger partial charge is 0.225 e. The van der Waals surface area contributed by atoms with Gasteiger partial charge in [0.15, 0.2) is 0 Å². The molecule has 0 aromatic heterocycles. The zero-order chi connectivity index (χ0) is 10.8. The normalized spacial score (nSPS) is 8.79. The van der Waals surface area contributed by atoms with Gasteiger partial charge in [-0.15, -0.1) is 0 Å². The van der Waals surface area contributed by atoms with Crippen molar-refractivity contribution >= 4 is 5.91 Å². The molecule has 0 rings (SSSR count). The molecule has 0 aliphatic heterocycles. The highest BCUT2D eigenvalue weighted by Gasteiger charge is 2.11. The zero-order valence-electron chi connectivity index (χ0n) is 8.29. The third-order valence-electron chi connectivity index (χ3n) is 1.64. The predicted octanol–water partition coefficient (Wildman–Crippen LogP) is -0.138. The summed E-state index contributed by atoms with van der Waals surface area (Å²) in [7, 11) is 0. The highest BCUT2D eigenvalue weighted by atomic mass is 16.2. The van der Waals surface area contributed by atoms with Crippen LogP contribution in [0.15, 0.2) is 0 Å². The van der Waals surface area contributed by atoms with E-state index in [1.54, 1.807) is 0 Å². The molecular formula is C9H14N4O. The van der Waals surface area contributed by atoms with Crippen molar-refractivity contribution in [2.75, 3.05) is 26.2 Å². The Hall–Kier alpha value is -1.59. The van der Waals surface area contributed by atoms with E-state index in [1.807, 2.05) is 19.1 Å². The molecule has 5 nitrogen and oxygen atoms in total. The highest BCUT2D eigenvalue weighted by molar-refractivity contribution is 5.76. The van der Waals surface area contributed by atoms with Gasteiger partial charge >= 0.3 is 0 Å². The molecule has 76 valence electrons. The molecular weight excluding hydrogens is 180 g/mol. The number of nitriles is 2. The number of hydrogen-bond acceptors (Lipinski definition) is 4. The van der Waals surface area contributed by atoms with Crippen LogP contribution >= 0.6 is 0 Å². The Morgan fingerprint density at radius 1 is 1.36 bits per heavy atom. The average molecular weight is 194 g/mol. The molecule has 0 saturated carbocycles. The summed E-state index contributed by atoms with van der Waals surface area (Å²) in [4.78, 5) is 12.6. The number of rotatable bonds is 6. The van der Waals surface area contributed by atoms with E-state index in [9.17, 15) is 4.79 Å². The molecule has 0 saturated heterocycles. The van der Waals surface area contributed by atoms with Crippen LogP contribution in [0.3, 0.4) is 0 Å². The minimum absolute atomic E-state index is 0.0154. The van der Waals surface area contributed by atoms with Gasteiger partial charge in [0.05, 0.1) is 12.1 Å². The fraction of sp³-hybridized carbons (Fsp3) is 0.667. The SMILES string of the molecule is CCNCCC(=O)N(CC#N)CC#N. The summed E-state index contributed by atoms with van der Waals surface area (Å²) in [6.45, 7) is 3.32. The number of carbonyl (C=O) groups excluding carboxylic acids is 1. The van der Waals surface area contributed by atoms with E-state index in [0.29, 0.717) is 13.0 Å². The summed E-state index contributed by atoms with van der Waals surface area (Å²) in [5, 5.41) is 19.8. The molecule has 0 fully saturated rings. The van der Waals surface area contributed by atoms with E-state index < -0.39 is 0 Å². The minimum atomic E-state index is -0.158. The Balaban J connectivity index is 3.91. The summed E-state index contributed by atoms with van der Waals surface area (Å²) in [5.74, 6) is -0.158. The van der Waals surface area contributed by atoms with Crippen molar-refractivity contribution in [1.29, 1.82) is 10.5 Å². The minimum Gasteiger partial charge on any atom is -0.316 e. The lowest BCUT2D eigenvalue weighted by Gasteiger charge is -2.15. The Kier molecular flexibility index (Phi) is 7.12. The number of carbonyl (C=O) groups is 1. The van der Waals surface area contributed by atoms with Crippen LogP contribution in [0, 0.1) is 22.7 Å². The van der Waals surface area contributed by atoms with Crippen LogP contribution in [-0.2, 0) is 4.79 Å². The molecule has 0 heterocycles. The Morgan fingerprint density at radius 3 is 2.36 bits per heavy atom. The molecule has 0 atom stereocenters. The standard InChI is InChI=1S/C9H14N4O/c1-2-12-6-3-9(14)13(7-4-10)8-5-11/h12H,2-3,6-8H2,1H3. The number of nitrogens with one attached hydrogen (secondary N) is 1. The fourth-order valence-electron chi connectivity index (χ4n) is 0.933. The lowest BCUT2D eigenvalue weighted by atomic mass is 10.3. The number of amides is 1. The Labute approximate surface area is 83.9 Å². The van der Waals surface area contributed by atoms with Gasteiger partial charge in [-0.05, 0) is 6.54 Å². The zero-order valence-corrected chi connectivity index (χ0v) is 8.29. The predicted molar refractivity (Wildman–Crippen MR) is 51.0 cm³/mol. The maximum absolute atomic E-state index is 11.4. The Bertz CT molecular complexity index is 235. The lowest BCUT2D eigenvalue weighted by Crippen LogP contribution is -2.33. The van der Waals surface area contributed by atoms with Gasteiger partial charge in [0, 0.05) is 13.0 Å². The summed E-state index contributed by atoms with van der Waals surface area (Å²) in [5.41, 5.74) is 0. The van der Waals surface area contributed by atoms with E-state index in [0.717, 1.165) is 6.54 Å². The summed E-state index contributed by atoms with van der Waals surface area (Å²) < 4.78 is 0. The Morgan fingerprint density at radius 2 is 1.93 bits per heavy atom. The van der Waals surface area contributed by atoms with E-state index in [4.69, 9.17) is 10.5 Å². The first-order chi connectivity index (χ1) is 6.76. The van der Waals surface area contributed by atoms with Crippen LogP contribution in [0.2, 0.25) is 0 Å². The van der Waals surface area contributed by atoms with Crippen LogP contribution in [-0.4, -0.2) is 37.0 Å². The third-order valence-corrected chi connectivity index (χ3v) is 1.64. The van der Waals surface area contributed by atoms with Crippen LogP contribution < -0.4 is 5.32 Å². The molecule has 1 N–H and O–H groups in total. The van der Waals surface area contributed by atoms with Crippen molar-refractivity contribution < 1.29 is 4.79 Å². The molecule has 0 aliphatic rings. The summed E-state index contributed by atoms with van der Waals surface area (Å²) in [6, 6.07) is 3.71. The molecule has 0 unspecified atom stereocenters. The van der Waals surface area contributed by atoms with Crippen LogP contribution in [0.1, 0.15) is 13.3 Å². The van der Waals surface area contributed by atoms with Gasteiger partial charge < -0.3 is 10.2 Å². The van der Waals surface area contributed by atoms with Crippen LogP contribution in [0.4, 0.5) is 0 Å². The van der Waals surface area contributed by atoms with Crippen molar-refractivity contribution in [3.63, 3.8) is 0 Å². The first-order valence-corrected chi connectivity index (χ1v) is 4.48. The van der Waals surface area contributed by atoms with Gasteiger partial charge in [-0.3, -0.25) is 4.79 Å². The highest BCUT2D eigenvalue weighted by Crippen LogP contribution is 1.92. The first-order valence-electron chi connectivity index (χ1n) is 4.48. The molecule has 0 radical (unpaired) electrons. The lowest BCUT2D eigenvalue weighted by molar-refractivity contribution is -0.129. The van der Waals surface area contributed by atoms with Crippen molar-refractivity contribution in [2.45, 2.75) is 13.3 Å². The van der Waals surface area contributed by atoms with E-state index in [-0.39, 0.29) is 19.0 Å². The second-order valence-corrected chi connectivity index (χ2v) is 2.67. The summed E-state index contributed by atoms with van der Waals surface area (Å²) in [6.07, 6.45) is 0.331. The molecule has 5 heteroatoms. The second kappa shape index (κ2) is 8.03. The average Bonchev–Trinajstić information content (AvgIpc) is 2.18. The van der Waals surface area contributed by atoms with E-state index in [1.165, 1.54) is 4.90 Å². The van der Waals surface area contributed by atoms with Crippen LogP contribution in [0.5, 0.6) is 0 Å². The van der Waals surface area contributed by atoms with Gasteiger partial charge in [-0.1, -0.05) is 6.92 Å². The maximum Gasteiger partial charge on any atom is 0.225 e. The molecule has 0 aliphatic carbocycles. The fourth-order valence-corrected chi connectivity index (χ4v) is 0.933. The molecule has 0 aromatic rings. The van der Waals surface area contributed by atoms with E-state index >= 15 is 0 Å². The topological polar surface area (TPSA) is 79.9 Å². The van der Waals surface area contributed by atoms with Crippen molar-refractivity contribution in [3.05, 3.63) is 0 Å². The van der Waals surface area contributed by atoms with Gasteiger partial charge in [0.2, 0.25) is 5.91 Å². The van der Waals surface area contributed by atoms with Crippen LogP contribution in [0.25, 0.3) is 0 Å².